The van der Waals surface area contributed by atoms with E-state index in [9.17, 15) is 0 Å². The first-order valence-corrected chi connectivity index (χ1v) is 7.79. The average Bonchev–Trinajstić information content (AvgIpc) is 2.36. The van der Waals surface area contributed by atoms with Crippen molar-refractivity contribution in [3.63, 3.8) is 0 Å². The molecule has 0 atom stereocenters. The highest BCUT2D eigenvalue weighted by Crippen LogP contribution is 2.34. The maximum Gasteiger partial charge on any atom is 0.133 e. The van der Waals surface area contributed by atoms with Crippen LogP contribution in [0, 0.1) is 0 Å². The highest BCUT2D eigenvalue weighted by Gasteiger charge is 2.21. The fourth-order valence-corrected chi connectivity index (χ4v) is 3.18. The summed E-state index contributed by atoms with van der Waals surface area (Å²) in [5, 5.41) is 3.42. The van der Waals surface area contributed by atoms with Crippen molar-refractivity contribution in [2.45, 2.75) is 44.1 Å². The Morgan fingerprint density at radius 2 is 1.89 bits per heavy atom. The zero-order valence-corrected chi connectivity index (χ0v) is 12.2. The monoisotopic (exact) mass is 309 g/mol. The SMILES string of the molecule is Brc1cc(C2CCNCC2)ccc1OC1CCC1. The lowest BCUT2D eigenvalue weighted by molar-refractivity contribution is 0.119. The van der Waals surface area contributed by atoms with E-state index in [2.05, 4.69) is 39.4 Å². The van der Waals surface area contributed by atoms with Gasteiger partial charge in [0.1, 0.15) is 5.75 Å². The summed E-state index contributed by atoms with van der Waals surface area (Å²) in [5.41, 5.74) is 1.45. The van der Waals surface area contributed by atoms with Crippen molar-refractivity contribution in [2.75, 3.05) is 13.1 Å². The fraction of sp³-hybridized carbons (Fsp3) is 0.600. The molecule has 2 fully saturated rings. The van der Waals surface area contributed by atoms with Gasteiger partial charge in [-0.3, -0.25) is 0 Å². The van der Waals surface area contributed by atoms with Gasteiger partial charge in [0.05, 0.1) is 10.6 Å². The van der Waals surface area contributed by atoms with Gasteiger partial charge in [0.25, 0.3) is 0 Å². The molecule has 1 aromatic rings. The van der Waals surface area contributed by atoms with Crippen molar-refractivity contribution in [3.8, 4) is 5.75 Å². The van der Waals surface area contributed by atoms with Crippen LogP contribution in [0.1, 0.15) is 43.6 Å². The Labute approximate surface area is 117 Å². The summed E-state index contributed by atoms with van der Waals surface area (Å²) in [7, 11) is 0. The van der Waals surface area contributed by atoms with Crippen LogP contribution in [0.4, 0.5) is 0 Å². The maximum atomic E-state index is 5.96. The first kappa shape index (κ1) is 12.5. The van der Waals surface area contributed by atoms with Gasteiger partial charge in [0, 0.05) is 0 Å². The molecule has 0 unspecified atom stereocenters. The summed E-state index contributed by atoms with van der Waals surface area (Å²) in [5.74, 6) is 1.72. The van der Waals surface area contributed by atoms with Gasteiger partial charge in [-0.2, -0.15) is 0 Å². The molecule has 2 aliphatic rings. The highest BCUT2D eigenvalue weighted by atomic mass is 79.9. The van der Waals surface area contributed by atoms with E-state index >= 15 is 0 Å². The summed E-state index contributed by atoms with van der Waals surface area (Å²) < 4.78 is 7.08. The van der Waals surface area contributed by atoms with E-state index in [0.717, 1.165) is 23.3 Å². The molecule has 1 aliphatic carbocycles. The lowest BCUT2D eigenvalue weighted by Crippen LogP contribution is -2.26. The molecule has 1 heterocycles. The van der Waals surface area contributed by atoms with E-state index in [1.54, 1.807) is 0 Å². The zero-order chi connectivity index (χ0) is 12.4. The summed E-state index contributed by atoms with van der Waals surface area (Å²) >= 11 is 3.65. The summed E-state index contributed by atoms with van der Waals surface area (Å²) in [6, 6.07) is 6.64. The molecular formula is C15H20BrNO. The molecule has 0 amide bonds. The van der Waals surface area contributed by atoms with E-state index in [-0.39, 0.29) is 0 Å². The molecule has 98 valence electrons. The topological polar surface area (TPSA) is 21.3 Å². The van der Waals surface area contributed by atoms with Crippen molar-refractivity contribution in [2.24, 2.45) is 0 Å². The van der Waals surface area contributed by atoms with Crippen LogP contribution in [0.2, 0.25) is 0 Å². The molecule has 1 saturated carbocycles. The summed E-state index contributed by atoms with van der Waals surface area (Å²) in [4.78, 5) is 0. The van der Waals surface area contributed by atoms with Gasteiger partial charge in [-0.1, -0.05) is 6.07 Å². The average molecular weight is 310 g/mol. The minimum atomic E-state index is 0.450. The number of benzene rings is 1. The summed E-state index contributed by atoms with van der Waals surface area (Å²) in [6.07, 6.45) is 6.68. The number of halogens is 1. The molecule has 0 radical (unpaired) electrons. The number of ether oxygens (including phenoxy) is 1. The van der Waals surface area contributed by atoms with E-state index in [0.29, 0.717) is 12.0 Å². The second kappa shape index (κ2) is 5.62. The lowest BCUT2D eigenvalue weighted by atomic mass is 9.90. The van der Waals surface area contributed by atoms with Crippen LogP contribution in [-0.2, 0) is 0 Å². The number of hydrogen-bond donors (Lipinski definition) is 1. The summed E-state index contributed by atoms with van der Waals surface area (Å²) in [6.45, 7) is 2.28. The molecule has 2 nitrogen and oxygen atoms in total. The predicted octanol–water partition coefficient (Wildman–Crippen LogP) is 3.85. The van der Waals surface area contributed by atoms with Crippen molar-refractivity contribution < 1.29 is 4.74 Å². The van der Waals surface area contributed by atoms with Crippen LogP contribution in [0.3, 0.4) is 0 Å². The first-order valence-electron chi connectivity index (χ1n) is 7.00. The van der Waals surface area contributed by atoms with Gasteiger partial charge in [-0.05, 0) is 84.7 Å². The van der Waals surface area contributed by atoms with Crippen LogP contribution in [0.5, 0.6) is 5.75 Å². The Kier molecular flexibility index (Phi) is 3.90. The Hall–Kier alpha value is -0.540. The third-order valence-corrected chi connectivity index (χ3v) is 4.73. The normalized spacial score (nSPS) is 21.6. The minimum Gasteiger partial charge on any atom is -0.489 e. The van der Waals surface area contributed by atoms with Gasteiger partial charge in [-0.15, -0.1) is 0 Å². The maximum absolute atomic E-state index is 5.96. The second-order valence-corrected chi connectivity index (χ2v) is 6.24. The number of hydrogen-bond acceptors (Lipinski definition) is 2. The van der Waals surface area contributed by atoms with Gasteiger partial charge in [0.15, 0.2) is 0 Å². The predicted molar refractivity (Wildman–Crippen MR) is 77.3 cm³/mol. The molecule has 18 heavy (non-hydrogen) atoms. The van der Waals surface area contributed by atoms with E-state index in [1.165, 1.54) is 37.7 Å². The molecule has 1 aliphatic heterocycles. The van der Waals surface area contributed by atoms with E-state index in [1.807, 2.05) is 0 Å². The molecule has 1 saturated heterocycles. The smallest absolute Gasteiger partial charge is 0.133 e. The van der Waals surface area contributed by atoms with E-state index in [4.69, 9.17) is 4.74 Å². The Bertz CT molecular complexity index is 411. The van der Waals surface area contributed by atoms with Crippen LogP contribution >= 0.6 is 15.9 Å². The van der Waals surface area contributed by atoms with Gasteiger partial charge < -0.3 is 10.1 Å². The lowest BCUT2D eigenvalue weighted by Gasteiger charge is -2.28. The fourth-order valence-electron chi connectivity index (χ4n) is 2.69. The molecule has 0 bridgehead atoms. The Morgan fingerprint density at radius 3 is 2.50 bits per heavy atom. The van der Waals surface area contributed by atoms with E-state index < -0.39 is 0 Å². The zero-order valence-electron chi connectivity index (χ0n) is 10.6. The number of piperidine rings is 1. The minimum absolute atomic E-state index is 0.450. The first-order chi connectivity index (χ1) is 8.83. The third-order valence-electron chi connectivity index (χ3n) is 4.11. The number of rotatable bonds is 3. The Morgan fingerprint density at radius 1 is 1.11 bits per heavy atom. The van der Waals surface area contributed by atoms with Crippen LogP contribution in [-0.4, -0.2) is 19.2 Å². The van der Waals surface area contributed by atoms with Gasteiger partial charge >= 0.3 is 0 Å². The molecule has 3 heteroatoms. The number of nitrogens with one attached hydrogen (secondary N) is 1. The molecular weight excluding hydrogens is 290 g/mol. The second-order valence-electron chi connectivity index (χ2n) is 5.38. The van der Waals surface area contributed by atoms with Crippen molar-refractivity contribution >= 4 is 15.9 Å². The standard InChI is InChI=1S/C15H20BrNO/c16-14-10-12(11-6-8-17-9-7-11)4-5-15(14)18-13-2-1-3-13/h4-5,10-11,13,17H,1-3,6-9H2. The largest absolute Gasteiger partial charge is 0.489 e. The molecule has 1 aromatic carbocycles. The molecule has 3 rings (SSSR count). The molecule has 0 spiro atoms. The van der Waals surface area contributed by atoms with Gasteiger partial charge in [-0.25, -0.2) is 0 Å². The van der Waals surface area contributed by atoms with Gasteiger partial charge in [0.2, 0.25) is 0 Å². The molecule has 0 aromatic heterocycles. The van der Waals surface area contributed by atoms with Crippen LogP contribution in [0.15, 0.2) is 22.7 Å². The third kappa shape index (κ3) is 2.72. The van der Waals surface area contributed by atoms with Crippen LogP contribution < -0.4 is 10.1 Å². The highest BCUT2D eigenvalue weighted by molar-refractivity contribution is 9.10. The molecule has 1 N–H and O–H groups in total. The van der Waals surface area contributed by atoms with Crippen molar-refractivity contribution in [1.82, 2.24) is 5.32 Å². The quantitative estimate of drug-likeness (QED) is 0.915. The van der Waals surface area contributed by atoms with Crippen molar-refractivity contribution in [1.29, 1.82) is 0 Å². The van der Waals surface area contributed by atoms with Crippen molar-refractivity contribution in [3.05, 3.63) is 28.2 Å². The van der Waals surface area contributed by atoms with Crippen LogP contribution in [0.25, 0.3) is 0 Å². The Balaban J connectivity index is 1.70.